The Hall–Kier alpha value is -1.13. The molecular formula is C19H36IN5O2. The molecule has 0 aliphatic carbocycles. The molecule has 0 aromatic carbocycles. The van der Waals surface area contributed by atoms with Crippen LogP contribution < -0.4 is 15.4 Å². The van der Waals surface area contributed by atoms with Gasteiger partial charge in [-0.05, 0) is 33.8 Å². The average molecular weight is 493 g/mol. The Labute approximate surface area is 181 Å². The Bertz CT molecular complexity index is 533. The topological polar surface area (TPSA) is 71.0 Å². The first-order valence-electron chi connectivity index (χ1n) is 9.25. The number of rotatable bonds is 11. The van der Waals surface area contributed by atoms with Gasteiger partial charge in [0.1, 0.15) is 6.61 Å². The van der Waals surface area contributed by atoms with Crippen molar-refractivity contribution in [3.05, 3.63) is 23.9 Å². The number of methoxy groups -OCH3 is 1. The van der Waals surface area contributed by atoms with Crippen LogP contribution in [0.15, 0.2) is 23.3 Å². The van der Waals surface area contributed by atoms with Crippen molar-refractivity contribution in [3.8, 4) is 5.88 Å². The largest absolute Gasteiger partial charge is 0.475 e. The van der Waals surface area contributed by atoms with Gasteiger partial charge in [0.15, 0.2) is 5.96 Å². The van der Waals surface area contributed by atoms with Crippen molar-refractivity contribution in [2.75, 3.05) is 40.5 Å². The van der Waals surface area contributed by atoms with E-state index < -0.39 is 0 Å². The molecule has 0 aliphatic heterocycles. The van der Waals surface area contributed by atoms with Gasteiger partial charge in [0, 0.05) is 57.6 Å². The number of nitrogens with one attached hydrogen (secondary N) is 2. The lowest BCUT2D eigenvalue weighted by molar-refractivity contribution is 0.143. The molecule has 1 aromatic heterocycles. The molecule has 0 fully saturated rings. The van der Waals surface area contributed by atoms with Gasteiger partial charge in [-0.1, -0.05) is 6.07 Å². The minimum Gasteiger partial charge on any atom is -0.475 e. The Balaban J connectivity index is 0.00000676. The molecule has 27 heavy (non-hydrogen) atoms. The van der Waals surface area contributed by atoms with Crippen LogP contribution >= 0.6 is 24.0 Å². The summed E-state index contributed by atoms with van der Waals surface area (Å²) < 4.78 is 10.7. The highest BCUT2D eigenvalue weighted by Gasteiger charge is 2.13. The molecule has 2 N–H and O–H groups in total. The smallest absolute Gasteiger partial charge is 0.218 e. The van der Waals surface area contributed by atoms with Crippen molar-refractivity contribution in [1.29, 1.82) is 0 Å². The molecule has 8 heteroatoms. The number of pyridine rings is 1. The van der Waals surface area contributed by atoms with Crippen LogP contribution in [-0.2, 0) is 11.3 Å². The van der Waals surface area contributed by atoms with E-state index in [2.05, 4.69) is 53.2 Å². The van der Waals surface area contributed by atoms with E-state index in [1.165, 1.54) is 0 Å². The molecule has 1 heterocycles. The van der Waals surface area contributed by atoms with Gasteiger partial charge in [0.25, 0.3) is 0 Å². The van der Waals surface area contributed by atoms with Gasteiger partial charge in [0.2, 0.25) is 5.88 Å². The SMILES string of the molecule is CN=C(NCCN(C(C)C)C(C)C)NCc1cccnc1OCCOC.I. The molecule has 0 bridgehead atoms. The highest BCUT2D eigenvalue weighted by atomic mass is 127. The molecule has 0 aliphatic rings. The van der Waals surface area contributed by atoms with Crippen LogP contribution in [0.1, 0.15) is 33.3 Å². The second-order valence-electron chi connectivity index (χ2n) is 6.59. The Kier molecular flexibility index (Phi) is 14.2. The van der Waals surface area contributed by atoms with E-state index >= 15 is 0 Å². The molecule has 0 spiro atoms. The van der Waals surface area contributed by atoms with Crippen LogP contribution in [0.3, 0.4) is 0 Å². The standard InChI is InChI=1S/C19H35N5O2.HI/c1-15(2)24(16(3)4)11-10-22-19(20-5)23-14-17-8-7-9-21-18(17)26-13-12-25-6;/h7-9,15-16H,10-14H2,1-6H3,(H2,20,22,23);1H. The fourth-order valence-corrected chi connectivity index (χ4v) is 2.73. The van der Waals surface area contributed by atoms with E-state index in [-0.39, 0.29) is 24.0 Å². The number of hydrogen-bond acceptors (Lipinski definition) is 5. The number of aliphatic imine (C=N–C) groups is 1. The number of halogens is 1. The molecule has 0 unspecified atom stereocenters. The van der Waals surface area contributed by atoms with Crippen LogP contribution in [0.2, 0.25) is 0 Å². The van der Waals surface area contributed by atoms with Crippen LogP contribution in [0.25, 0.3) is 0 Å². The first kappa shape index (κ1) is 25.9. The molecule has 156 valence electrons. The second-order valence-corrected chi connectivity index (χ2v) is 6.59. The Morgan fingerprint density at radius 3 is 2.48 bits per heavy atom. The first-order chi connectivity index (χ1) is 12.5. The zero-order valence-electron chi connectivity index (χ0n) is 17.5. The average Bonchev–Trinajstić information content (AvgIpc) is 2.61. The summed E-state index contributed by atoms with van der Waals surface area (Å²) >= 11 is 0. The molecular weight excluding hydrogens is 457 g/mol. The van der Waals surface area contributed by atoms with E-state index in [9.17, 15) is 0 Å². The van der Waals surface area contributed by atoms with E-state index in [0.29, 0.717) is 37.7 Å². The minimum absolute atomic E-state index is 0. The van der Waals surface area contributed by atoms with Gasteiger partial charge in [-0.25, -0.2) is 4.98 Å². The maximum absolute atomic E-state index is 5.67. The summed E-state index contributed by atoms with van der Waals surface area (Å²) in [6.07, 6.45) is 1.73. The van der Waals surface area contributed by atoms with Crippen molar-refractivity contribution in [2.24, 2.45) is 4.99 Å². The predicted molar refractivity (Wildman–Crippen MR) is 122 cm³/mol. The third-order valence-electron chi connectivity index (χ3n) is 4.04. The maximum atomic E-state index is 5.67. The zero-order valence-corrected chi connectivity index (χ0v) is 19.8. The molecule has 1 rings (SSSR count). The second kappa shape index (κ2) is 14.9. The van der Waals surface area contributed by atoms with Crippen molar-refractivity contribution >= 4 is 29.9 Å². The molecule has 0 saturated heterocycles. The fraction of sp³-hybridized carbons (Fsp3) is 0.684. The fourth-order valence-electron chi connectivity index (χ4n) is 2.73. The van der Waals surface area contributed by atoms with Gasteiger partial charge in [0.05, 0.1) is 6.61 Å². The van der Waals surface area contributed by atoms with Gasteiger partial charge in [-0.2, -0.15) is 0 Å². The maximum Gasteiger partial charge on any atom is 0.218 e. The normalized spacial score (nSPS) is 11.7. The summed E-state index contributed by atoms with van der Waals surface area (Å²) in [5.74, 6) is 1.39. The lowest BCUT2D eigenvalue weighted by atomic mass is 10.2. The quantitative estimate of drug-likeness (QED) is 0.214. The number of hydrogen-bond donors (Lipinski definition) is 2. The van der Waals surface area contributed by atoms with Gasteiger partial charge < -0.3 is 20.1 Å². The third kappa shape index (κ3) is 10.1. The molecule has 0 amide bonds. The Morgan fingerprint density at radius 2 is 1.89 bits per heavy atom. The lowest BCUT2D eigenvalue weighted by Crippen LogP contribution is -2.45. The van der Waals surface area contributed by atoms with Gasteiger partial charge in [-0.3, -0.25) is 9.89 Å². The minimum atomic E-state index is 0. The summed E-state index contributed by atoms with van der Waals surface area (Å²) in [6.45, 7) is 12.3. The van der Waals surface area contributed by atoms with Crippen LogP contribution in [0.5, 0.6) is 5.88 Å². The molecule has 0 atom stereocenters. The molecule has 7 nitrogen and oxygen atoms in total. The predicted octanol–water partition coefficient (Wildman–Crippen LogP) is 2.51. The molecule has 0 radical (unpaired) electrons. The Morgan fingerprint density at radius 1 is 1.19 bits per heavy atom. The first-order valence-corrected chi connectivity index (χ1v) is 9.25. The lowest BCUT2D eigenvalue weighted by Gasteiger charge is -2.30. The highest BCUT2D eigenvalue weighted by Crippen LogP contribution is 2.13. The van der Waals surface area contributed by atoms with Crippen LogP contribution in [0, 0.1) is 0 Å². The van der Waals surface area contributed by atoms with E-state index in [1.54, 1.807) is 20.4 Å². The van der Waals surface area contributed by atoms with Crippen molar-refractivity contribution in [1.82, 2.24) is 20.5 Å². The number of nitrogens with zero attached hydrogens (tertiary/aromatic N) is 3. The summed E-state index contributed by atoms with van der Waals surface area (Å²) in [7, 11) is 3.43. The number of ether oxygens (including phenoxy) is 2. The van der Waals surface area contributed by atoms with Gasteiger partial charge in [-0.15, -0.1) is 24.0 Å². The summed E-state index contributed by atoms with van der Waals surface area (Å²) in [6, 6.07) is 4.94. The third-order valence-corrected chi connectivity index (χ3v) is 4.04. The number of aromatic nitrogens is 1. The van der Waals surface area contributed by atoms with Crippen molar-refractivity contribution in [2.45, 2.75) is 46.3 Å². The van der Waals surface area contributed by atoms with Crippen LogP contribution in [0.4, 0.5) is 0 Å². The van der Waals surface area contributed by atoms with Crippen molar-refractivity contribution in [3.63, 3.8) is 0 Å². The summed E-state index contributed by atoms with van der Waals surface area (Å²) in [5.41, 5.74) is 0.984. The number of guanidine groups is 1. The summed E-state index contributed by atoms with van der Waals surface area (Å²) in [5, 5.41) is 6.69. The monoisotopic (exact) mass is 493 g/mol. The molecule has 1 aromatic rings. The zero-order chi connectivity index (χ0) is 19.4. The van der Waals surface area contributed by atoms with Crippen molar-refractivity contribution < 1.29 is 9.47 Å². The van der Waals surface area contributed by atoms with Gasteiger partial charge >= 0.3 is 0 Å². The van der Waals surface area contributed by atoms with Crippen LogP contribution in [-0.4, -0.2) is 68.4 Å². The van der Waals surface area contributed by atoms with E-state index in [0.717, 1.165) is 24.6 Å². The molecule has 0 saturated carbocycles. The van der Waals surface area contributed by atoms with E-state index in [4.69, 9.17) is 9.47 Å². The van der Waals surface area contributed by atoms with E-state index in [1.807, 2.05) is 12.1 Å². The highest BCUT2D eigenvalue weighted by molar-refractivity contribution is 14.0. The summed E-state index contributed by atoms with van der Waals surface area (Å²) in [4.78, 5) is 11.0.